The van der Waals surface area contributed by atoms with Crippen molar-refractivity contribution in [3.8, 4) is 0 Å². The molecule has 0 amide bonds. The Morgan fingerprint density at radius 3 is 2.41 bits per heavy atom. The van der Waals surface area contributed by atoms with Crippen LogP contribution in [0, 0.1) is 17.0 Å². The van der Waals surface area contributed by atoms with Crippen LogP contribution in [0.4, 0.5) is 11.4 Å². The number of hydrogen-bond donors (Lipinski definition) is 0. The standard InChI is InChI=1S/C18H20N2O6S/c1-4-26-18(21)14(3)19(27(24,25)16-8-6-5-7-9-16)17-12-15(20(22)23)11-10-13(17)2/h5-12,14H,4H2,1-3H3. The molecular weight excluding hydrogens is 372 g/mol. The quantitative estimate of drug-likeness (QED) is 0.407. The van der Waals surface area contributed by atoms with Crippen LogP contribution in [0.25, 0.3) is 0 Å². The molecule has 144 valence electrons. The summed E-state index contributed by atoms with van der Waals surface area (Å²) in [7, 11) is -4.17. The number of carbonyl (C=O) groups excluding carboxylic acids is 1. The summed E-state index contributed by atoms with van der Waals surface area (Å²) in [6, 6.07) is 10.2. The van der Waals surface area contributed by atoms with Gasteiger partial charge in [0.15, 0.2) is 0 Å². The Morgan fingerprint density at radius 1 is 1.22 bits per heavy atom. The Hall–Kier alpha value is -2.94. The predicted molar refractivity (Wildman–Crippen MR) is 100 cm³/mol. The summed E-state index contributed by atoms with van der Waals surface area (Å²) in [5.41, 5.74) is 0.241. The predicted octanol–water partition coefficient (Wildman–Crippen LogP) is 3.05. The van der Waals surface area contributed by atoms with E-state index in [2.05, 4.69) is 0 Å². The van der Waals surface area contributed by atoms with Crippen molar-refractivity contribution in [3.05, 3.63) is 64.2 Å². The molecule has 0 aliphatic rings. The number of ether oxygens (including phenoxy) is 1. The van der Waals surface area contributed by atoms with Gasteiger partial charge < -0.3 is 4.74 Å². The van der Waals surface area contributed by atoms with Crippen LogP contribution in [0.3, 0.4) is 0 Å². The fourth-order valence-corrected chi connectivity index (χ4v) is 4.25. The van der Waals surface area contributed by atoms with Crippen LogP contribution in [-0.4, -0.2) is 32.0 Å². The SMILES string of the molecule is CCOC(=O)C(C)N(c1cc([N+](=O)[O-])ccc1C)S(=O)(=O)c1ccccc1. The fraction of sp³-hybridized carbons (Fsp3) is 0.278. The molecule has 0 bridgehead atoms. The first-order valence-electron chi connectivity index (χ1n) is 8.21. The molecule has 8 nitrogen and oxygen atoms in total. The summed E-state index contributed by atoms with van der Waals surface area (Å²) < 4.78 is 32.4. The second kappa shape index (κ2) is 8.17. The fourth-order valence-electron chi connectivity index (χ4n) is 2.56. The molecule has 2 aromatic carbocycles. The van der Waals surface area contributed by atoms with Gasteiger partial charge in [-0.15, -0.1) is 0 Å². The third-order valence-electron chi connectivity index (χ3n) is 3.92. The molecule has 27 heavy (non-hydrogen) atoms. The number of anilines is 1. The minimum atomic E-state index is -4.17. The number of non-ortho nitro benzene ring substituents is 1. The van der Waals surface area contributed by atoms with E-state index in [0.29, 0.717) is 5.56 Å². The van der Waals surface area contributed by atoms with Crippen LogP contribution in [0.5, 0.6) is 0 Å². The van der Waals surface area contributed by atoms with Gasteiger partial charge in [0.2, 0.25) is 0 Å². The molecule has 0 saturated heterocycles. The highest BCUT2D eigenvalue weighted by Gasteiger charge is 2.35. The number of aryl methyl sites for hydroxylation is 1. The molecule has 0 radical (unpaired) electrons. The van der Waals surface area contributed by atoms with Gasteiger partial charge in [-0.25, -0.2) is 13.2 Å². The Labute approximate surface area is 157 Å². The number of esters is 1. The second-order valence-electron chi connectivity index (χ2n) is 5.77. The minimum absolute atomic E-state index is 0.0351. The number of nitro benzene ring substituents is 1. The van der Waals surface area contributed by atoms with Crippen molar-refractivity contribution in [2.75, 3.05) is 10.9 Å². The van der Waals surface area contributed by atoms with Crippen LogP contribution in [0.15, 0.2) is 53.4 Å². The first-order valence-corrected chi connectivity index (χ1v) is 9.65. The van der Waals surface area contributed by atoms with Crippen molar-refractivity contribution in [1.29, 1.82) is 0 Å². The monoisotopic (exact) mass is 392 g/mol. The summed E-state index contributed by atoms with van der Waals surface area (Å²) in [5, 5.41) is 11.2. The van der Waals surface area contributed by atoms with E-state index in [1.165, 1.54) is 31.2 Å². The zero-order valence-electron chi connectivity index (χ0n) is 15.2. The van der Waals surface area contributed by atoms with Gasteiger partial charge in [-0.1, -0.05) is 24.3 Å². The molecule has 9 heteroatoms. The zero-order chi connectivity index (χ0) is 20.2. The van der Waals surface area contributed by atoms with Crippen LogP contribution in [-0.2, 0) is 19.6 Å². The number of benzene rings is 2. The highest BCUT2D eigenvalue weighted by atomic mass is 32.2. The molecule has 0 aromatic heterocycles. The molecule has 2 rings (SSSR count). The van der Waals surface area contributed by atoms with E-state index in [1.54, 1.807) is 32.0 Å². The van der Waals surface area contributed by atoms with E-state index in [-0.39, 0.29) is 22.9 Å². The average molecular weight is 392 g/mol. The highest BCUT2D eigenvalue weighted by molar-refractivity contribution is 7.93. The molecule has 0 aliphatic carbocycles. The van der Waals surface area contributed by atoms with Crippen molar-refractivity contribution < 1.29 is 22.9 Å². The maximum Gasteiger partial charge on any atom is 0.329 e. The van der Waals surface area contributed by atoms with Gasteiger partial charge in [-0.3, -0.25) is 14.4 Å². The van der Waals surface area contributed by atoms with E-state index in [0.717, 1.165) is 10.4 Å². The first kappa shape index (κ1) is 20.4. The van der Waals surface area contributed by atoms with Crippen molar-refractivity contribution in [2.45, 2.75) is 31.7 Å². The normalized spacial score (nSPS) is 12.3. The molecule has 0 aliphatic heterocycles. The Balaban J connectivity index is 2.70. The molecule has 0 spiro atoms. The van der Waals surface area contributed by atoms with Gasteiger partial charge in [0.05, 0.1) is 22.1 Å². The third kappa shape index (κ3) is 4.25. The van der Waals surface area contributed by atoms with Crippen molar-refractivity contribution in [3.63, 3.8) is 0 Å². The molecule has 2 aromatic rings. The molecule has 0 fully saturated rings. The Bertz CT molecular complexity index is 944. The van der Waals surface area contributed by atoms with Crippen LogP contribution >= 0.6 is 0 Å². The lowest BCUT2D eigenvalue weighted by Gasteiger charge is -2.30. The van der Waals surface area contributed by atoms with Crippen molar-refractivity contribution >= 4 is 27.4 Å². The minimum Gasteiger partial charge on any atom is -0.464 e. The largest absolute Gasteiger partial charge is 0.464 e. The average Bonchev–Trinajstić information content (AvgIpc) is 2.64. The molecular formula is C18H20N2O6S. The van der Waals surface area contributed by atoms with E-state index in [1.807, 2.05) is 0 Å². The van der Waals surface area contributed by atoms with Crippen molar-refractivity contribution in [2.24, 2.45) is 0 Å². The molecule has 0 saturated carbocycles. The lowest BCUT2D eigenvalue weighted by molar-refractivity contribution is -0.384. The van der Waals surface area contributed by atoms with Gasteiger partial charge >= 0.3 is 5.97 Å². The topological polar surface area (TPSA) is 107 Å². The van der Waals surface area contributed by atoms with Gasteiger partial charge in [0.25, 0.3) is 15.7 Å². The summed E-state index contributed by atoms with van der Waals surface area (Å²) in [6.07, 6.45) is 0. The number of carbonyl (C=O) groups is 1. The Morgan fingerprint density at radius 2 is 1.85 bits per heavy atom. The van der Waals surface area contributed by atoms with Crippen LogP contribution in [0.1, 0.15) is 19.4 Å². The third-order valence-corrected chi connectivity index (χ3v) is 5.82. The van der Waals surface area contributed by atoms with Gasteiger partial charge in [-0.2, -0.15) is 0 Å². The van der Waals surface area contributed by atoms with E-state index in [4.69, 9.17) is 4.74 Å². The molecule has 1 unspecified atom stereocenters. The van der Waals surface area contributed by atoms with Crippen molar-refractivity contribution in [1.82, 2.24) is 0 Å². The summed E-state index contributed by atoms with van der Waals surface area (Å²) >= 11 is 0. The lowest BCUT2D eigenvalue weighted by atomic mass is 10.1. The molecule has 0 N–H and O–H groups in total. The van der Waals surface area contributed by atoms with Crippen LogP contribution < -0.4 is 4.31 Å². The number of nitrogens with zero attached hydrogens (tertiary/aromatic N) is 2. The second-order valence-corrected chi connectivity index (χ2v) is 7.58. The smallest absolute Gasteiger partial charge is 0.329 e. The Kier molecular flexibility index (Phi) is 6.17. The maximum atomic E-state index is 13.3. The van der Waals surface area contributed by atoms with Gasteiger partial charge in [0, 0.05) is 12.1 Å². The van der Waals surface area contributed by atoms with Gasteiger partial charge in [-0.05, 0) is 38.5 Å². The van der Waals surface area contributed by atoms with E-state index < -0.39 is 27.0 Å². The number of sulfonamides is 1. The number of nitro groups is 1. The zero-order valence-corrected chi connectivity index (χ0v) is 16.0. The number of hydrogen-bond acceptors (Lipinski definition) is 6. The summed E-state index contributed by atoms with van der Waals surface area (Å²) in [6.45, 7) is 4.69. The molecule has 1 atom stereocenters. The lowest BCUT2D eigenvalue weighted by Crippen LogP contribution is -2.44. The number of rotatable bonds is 7. The molecule has 0 heterocycles. The van der Waals surface area contributed by atoms with Gasteiger partial charge in [0.1, 0.15) is 6.04 Å². The maximum absolute atomic E-state index is 13.3. The van der Waals surface area contributed by atoms with E-state index >= 15 is 0 Å². The summed E-state index contributed by atoms with van der Waals surface area (Å²) in [5.74, 6) is -0.747. The first-order chi connectivity index (χ1) is 12.7. The van der Waals surface area contributed by atoms with E-state index in [9.17, 15) is 23.3 Å². The van der Waals surface area contributed by atoms with Crippen LogP contribution in [0.2, 0.25) is 0 Å². The highest BCUT2D eigenvalue weighted by Crippen LogP contribution is 2.32. The summed E-state index contributed by atoms with van der Waals surface area (Å²) in [4.78, 5) is 22.8.